The van der Waals surface area contributed by atoms with Crippen molar-refractivity contribution in [3.63, 3.8) is 0 Å². The van der Waals surface area contributed by atoms with E-state index < -0.39 is 11.7 Å². The topological polar surface area (TPSA) is 94.0 Å². The summed E-state index contributed by atoms with van der Waals surface area (Å²) in [6, 6.07) is 4.05. The third-order valence-corrected chi connectivity index (χ3v) is 3.01. The van der Waals surface area contributed by atoms with E-state index in [0.29, 0.717) is 11.5 Å². The number of amides is 1. The molecule has 0 radical (unpaired) electrons. The van der Waals surface area contributed by atoms with Crippen LogP contribution in [0.2, 0.25) is 10.0 Å². The van der Waals surface area contributed by atoms with E-state index in [4.69, 9.17) is 34.7 Å². The molecular formula is C12H9Cl2FN4O. The number of pyridine rings is 1. The molecule has 1 aromatic heterocycles. The molecule has 0 spiro atoms. The molecule has 1 amide bonds. The van der Waals surface area contributed by atoms with Crippen LogP contribution in [0, 0.1) is 5.82 Å². The highest BCUT2D eigenvalue weighted by Crippen LogP contribution is 2.29. The van der Waals surface area contributed by atoms with Gasteiger partial charge < -0.3 is 16.8 Å². The average Bonchev–Trinajstić information content (AvgIpc) is 2.38. The van der Waals surface area contributed by atoms with Crippen molar-refractivity contribution >= 4 is 46.3 Å². The summed E-state index contributed by atoms with van der Waals surface area (Å²) in [5.41, 5.74) is 11.5. The highest BCUT2D eigenvalue weighted by molar-refractivity contribution is 6.35. The zero-order valence-corrected chi connectivity index (χ0v) is 11.5. The smallest absolute Gasteiger partial charge is 0.250 e. The average molecular weight is 315 g/mol. The number of benzene rings is 1. The van der Waals surface area contributed by atoms with Crippen LogP contribution < -0.4 is 16.8 Å². The van der Waals surface area contributed by atoms with Crippen molar-refractivity contribution < 1.29 is 9.18 Å². The number of aromatic nitrogens is 1. The van der Waals surface area contributed by atoms with Gasteiger partial charge in [-0.1, -0.05) is 23.2 Å². The van der Waals surface area contributed by atoms with Gasteiger partial charge in [-0.15, -0.1) is 0 Å². The van der Waals surface area contributed by atoms with Crippen LogP contribution in [-0.2, 0) is 0 Å². The largest absolute Gasteiger partial charge is 0.397 e. The van der Waals surface area contributed by atoms with Gasteiger partial charge in [-0.3, -0.25) is 4.79 Å². The summed E-state index contributed by atoms with van der Waals surface area (Å²) in [6.07, 6.45) is 1.29. The number of nitrogens with two attached hydrogens (primary N) is 2. The summed E-state index contributed by atoms with van der Waals surface area (Å²) in [6.45, 7) is 0. The zero-order chi connectivity index (χ0) is 14.9. The lowest BCUT2D eigenvalue weighted by Crippen LogP contribution is -2.14. The van der Waals surface area contributed by atoms with E-state index in [-0.39, 0.29) is 21.3 Å². The maximum atomic E-state index is 13.3. The number of nitrogens with zero attached hydrogens (tertiary/aromatic N) is 1. The van der Waals surface area contributed by atoms with Crippen LogP contribution >= 0.6 is 23.2 Å². The maximum absolute atomic E-state index is 13.3. The molecule has 20 heavy (non-hydrogen) atoms. The van der Waals surface area contributed by atoms with Crippen molar-refractivity contribution in [2.75, 3.05) is 11.1 Å². The molecule has 0 saturated carbocycles. The summed E-state index contributed by atoms with van der Waals surface area (Å²) >= 11 is 11.4. The third-order valence-electron chi connectivity index (χ3n) is 2.46. The fourth-order valence-electron chi connectivity index (χ4n) is 1.52. The first-order valence-corrected chi connectivity index (χ1v) is 6.11. The minimum atomic E-state index is -0.707. The Morgan fingerprint density at radius 3 is 2.40 bits per heavy atom. The molecule has 1 aromatic carbocycles. The monoisotopic (exact) mass is 314 g/mol. The van der Waals surface area contributed by atoms with Crippen molar-refractivity contribution in [1.29, 1.82) is 0 Å². The van der Waals surface area contributed by atoms with Gasteiger partial charge in [-0.25, -0.2) is 9.37 Å². The van der Waals surface area contributed by atoms with Crippen molar-refractivity contribution in [3.05, 3.63) is 45.8 Å². The number of anilines is 3. The molecule has 0 saturated heterocycles. The molecule has 2 rings (SSSR count). The molecule has 1 heterocycles. The van der Waals surface area contributed by atoms with E-state index in [1.54, 1.807) is 0 Å². The molecule has 0 bridgehead atoms. The van der Waals surface area contributed by atoms with Crippen molar-refractivity contribution in [3.8, 4) is 0 Å². The van der Waals surface area contributed by atoms with Crippen LogP contribution in [0.1, 0.15) is 10.4 Å². The summed E-state index contributed by atoms with van der Waals surface area (Å²) in [5, 5.41) is 2.56. The summed E-state index contributed by atoms with van der Waals surface area (Å²) in [4.78, 5) is 15.1. The number of primary amides is 1. The fourth-order valence-corrected chi connectivity index (χ4v) is 2.01. The minimum absolute atomic E-state index is 0.127. The van der Waals surface area contributed by atoms with E-state index >= 15 is 0 Å². The normalized spacial score (nSPS) is 10.3. The lowest BCUT2D eigenvalue weighted by Gasteiger charge is -2.09. The predicted molar refractivity (Wildman–Crippen MR) is 76.9 cm³/mol. The Morgan fingerprint density at radius 2 is 1.85 bits per heavy atom. The molecule has 5 nitrogen and oxygen atoms in total. The van der Waals surface area contributed by atoms with Crippen LogP contribution in [0.5, 0.6) is 0 Å². The van der Waals surface area contributed by atoms with Gasteiger partial charge in [-0.05, 0) is 18.2 Å². The lowest BCUT2D eigenvalue weighted by atomic mass is 10.2. The Hall–Kier alpha value is -2.05. The van der Waals surface area contributed by atoms with Gasteiger partial charge in [0.05, 0.1) is 27.5 Å². The predicted octanol–water partition coefficient (Wildman–Crippen LogP) is 2.95. The summed E-state index contributed by atoms with van der Waals surface area (Å²) < 4.78 is 13.3. The van der Waals surface area contributed by atoms with Gasteiger partial charge in [0.25, 0.3) is 5.91 Å². The van der Waals surface area contributed by atoms with Gasteiger partial charge in [0.15, 0.2) is 5.82 Å². The van der Waals surface area contributed by atoms with Crippen LogP contribution in [-0.4, -0.2) is 10.9 Å². The Labute approximate surface area is 123 Å². The Bertz CT molecular complexity index is 670. The van der Waals surface area contributed by atoms with Gasteiger partial charge in [0.1, 0.15) is 5.82 Å². The third kappa shape index (κ3) is 2.92. The number of rotatable bonds is 3. The van der Waals surface area contributed by atoms with Gasteiger partial charge in [0.2, 0.25) is 0 Å². The second kappa shape index (κ2) is 5.52. The number of nitrogen functional groups attached to an aromatic ring is 1. The van der Waals surface area contributed by atoms with Gasteiger partial charge in [-0.2, -0.15) is 0 Å². The summed E-state index contributed by atoms with van der Waals surface area (Å²) in [5.74, 6) is -1.09. The number of hydrogen-bond donors (Lipinski definition) is 3. The van der Waals surface area contributed by atoms with Crippen molar-refractivity contribution in [2.45, 2.75) is 0 Å². The molecule has 0 atom stereocenters. The number of nitrogens with one attached hydrogen (secondary N) is 1. The molecule has 5 N–H and O–H groups in total. The van der Waals surface area contributed by atoms with E-state index in [1.807, 2.05) is 0 Å². The molecule has 104 valence electrons. The standard InChI is InChI=1S/C12H9Cl2FN4O/c13-7-1-5(2-8(14)11(7)15)19-10-3-6(12(17)20)9(16)4-18-10/h1-4H,16H2,(H2,17,20)(H,18,19). The Kier molecular flexibility index (Phi) is 3.96. The molecule has 0 aliphatic rings. The molecule has 0 unspecified atom stereocenters. The van der Waals surface area contributed by atoms with E-state index in [0.717, 1.165) is 0 Å². The summed E-state index contributed by atoms with van der Waals surface area (Å²) in [7, 11) is 0. The molecular weight excluding hydrogens is 306 g/mol. The minimum Gasteiger partial charge on any atom is -0.397 e. The first kappa shape index (κ1) is 14.4. The molecule has 0 aliphatic heterocycles. The SMILES string of the molecule is NC(=O)c1cc(Nc2cc(Cl)c(F)c(Cl)c2)ncc1N. The zero-order valence-electron chi connectivity index (χ0n) is 9.95. The maximum Gasteiger partial charge on any atom is 0.250 e. The molecule has 0 fully saturated rings. The van der Waals surface area contributed by atoms with Crippen LogP contribution in [0.3, 0.4) is 0 Å². The fraction of sp³-hybridized carbons (Fsp3) is 0. The van der Waals surface area contributed by atoms with Crippen LogP contribution in [0.15, 0.2) is 24.4 Å². The van der Waals surface area contributed by atoms with Crippen molar-refractivity contribution in [2.24, 2.45) is 5.73 Å². The van der Waals surface area contributed by atoms with E-state index in [2.05, 4.69) is 10.3 Å². The van der Waals surface area contributed by atoms with Gasteiger partial charge >= 0.3 is 0 Å². The first-order chi connectivity index (χ1) is 9.38. The second-order valence-electron chi connectivity index (χ2n) is 3.90. The highest BCUT2D eigenvalue weighted by atomic mass is 35.5. The van der Waals surface area contributed by atoms with Crippen molar-refractivity contribution in [1.82, 2.24) is 4.98 Å². The van der Waals surface area contributed by atoms with E-state index in [1.165, 1.54) is 24.4 Å². The van der Waals surface area contributed by atoms with E-state index in [9.17, 15) is 9.18 Å². The first-order valence-electron chi connectivity index (χ1n) is 5.35. The van der Waals surface area contributed by atoms with Crippen LogP contribution in [0.4, 0.5) is 21.6 Å². The highest BCUT2D eigenvalue weighted by Gasteiger charge is 2.10. The Balaban J connectivity index is 2.35. The lowest BCUT2D eigenvalue weighted by molar-refractivity contribution is 0.100. The number of hydrogen-bond acceptors (Lipinski definition) is 4. The Morgan fingerprint density at radius 1 is 1.25 bits per heavy atom. The number of carbonyl (C=O) groups is 1. The quantitative estimate of drug-likeness (QED) is 0.759. The molecule has 2 aromatic rings. The number of carbonyl (C=O) groups excluding carboxylic acids is 1. The van der Waals surface area contributed by atoms with Gasteiger partial charge in [0, 0.05) is 5.69 Å². The molecule has 8 heteroatoms. The second-order valence-corrected chi connectivity index (χ2v) is 4.71. The number of halogens is 3. The molecule has 0 aliphatic carbocycles. The van der Waals surface area contributed by atoms with Crippen LogP contribution in [0.25, 0.3) is 0 Å².